The summed E-state index contributed by atoms with van der Waals surface area (Å²) in [7, 11) is 0. The molecule has 0 radical (unpaired) electrons. The topological polar surface area (TPSA) is 44.4 Å². The van der Waals surface area contributed by atoms with Crippen LogP contribution in [0.3, 0.4) is 0 Å². The van der Waals surface area contributed by atoms with Crippen molar-refractivity contribution in [2.24, 2.45) is 0 Å². The minimum absolute atomic E-state index is 0.169. The monoisotopic (exact) mass is 215 g/mol. The zero-order valence-corrected chi connectivity index (χ0v) is 9.27. The van der Waals surface area contributed by atoms with Gasteiger partial charge in [-0.1, -0.05) is 0 Å². The molecule has 2 unspecified atom stereocenters. The van der Waals surface area contributed by atoms with Gasteiger partial charge in [0.2, 0.25) is 5.91 Å². The number of nitrogens with one attached hydrogen (secondary N) is 2. The second kappa shape index (κ2) is 4.51. The molecule has 0 aromatic heterocycles. The molecule has 80 valence electrons. The Hall–Kier alpha value is -0.260. The van der Waals surface area contributed by atoms with Crippen molar-refractivity contribution in [3.05, 3.63) is 0 Å². The maximum Gasteiger partial charge on any atom is 0.234 e. The van der Waals surface area contributed by atoms with E-state index in [1.807, 2.05) is 11.8 Å². The fraction of sp³-hybridized carbons (Fsp3) is 0.889. The van der Waals surface area contributed by atoms with Gasteiger partial charge in [0.25, 0.3) is 0 Å². The van der Waals surface area contributed by atoms with E-state index >= 15 is 0 Å². The molecule has 14 heavy (non-hydrogen) atoms. The predicted octanol–water partition coefficient (Wildman–Crippen LogP) is -0.878. The molecule has 0 aromatic rings. The smallest absolute Gasteiger partial charge is 0.234 e. The van der Waals surface area contributed by atoms with Gasteiger partial charge in [0.15, 0.2) is 0 Å². The molecule has 0 spiro atoms. The summed E-state index contributed by atoms with van der Waals surface area (Å²) < 4.78 is 0. The average molecular weight is 215 g/mol. The number of amides is 1. The number of carbonyl (C=O) groups excluding carboxylic acids is 1. The largest absolute Gasteiger partial charge is 0.354 e. The van der Waals surface area contributed by atoms with Crippen molar-refractivity contribution in [3.8, 4) is 0 Å². The summed E-state index contributed by atoms with van der Waals surface area (Å²) in [5.41, 5.74) is 0. The molecule has 0 saturated carbocycles. The maximum absolute atomic E-state index is 11.2. The van der Waals surface area contributed by atoms with Crippen LogP contribution in [-0.4, -0.2) is 61.1 Å². The van der Waals surface area contributed by atoms with E-state index in [-0.39, 0.29) is 5.91 Å². The first-order valence-electron chi connectivity index (χ1n) is 5.05. The van der Waals surface area contributed by atoms with Gasteiger partial charge in [-0.15, -0.1) is 0 Å². The lowest BCUT2D eigenvalue weighted by atomic mass is 10.2. The Bertz CT molecular complexity index is 224. The number of rotatable bonds is 2. The van der Waals surface area contributed by atoms with Crippen molar-refractivity contribution in [2.45, 2.75) is 11.3 Å². The van der Waals surface area contributed by atoms with E-state index < -0.39 is 0 Å². The molecule has 0 aromatic carbocycles. The molecule has 0 aliphatic carbocycles. The summed E-state index contributed by atoms with van der Waals surface area (Å²) in [5, 5.41) is 6.89. The number of thioether (sulfide) groups is 1. The van der Waals surface area contributed by atoms with Gasteiger partial charge >= 0.3 is 0 Å². The highest BCUT2D eigenvalue weighted by molar-refractivity contribution is 7.99. The van der Waals surface area contributed by atoms with E-state index in [9.17, 15) is 4.79 Å². The van der Waals surface area contributed by atoms with Gasteiger partial charge in [-0.25, -0.2) is 0 Å². The van der Waals surface area contributed by atoms with Crippen LogP contribution in [0.5, 0.6) is 0 Å². The second-order valence-electron chi connectivity index (χ2n) is 3.82. The molecule has 5 heteroatoms. The van der Waals surface area contributed by atoms with Crippen LogP contribution in [0.1, 0.15) is 0 Å². The van der Waals surface area contributed by atoms with Crippen molar-refractivity contribution >= 4 is 17.7 Å². The third-order valence-electron chi connectivity index (χ3n) is 2.97. The summed E-state index contributed by atoms with van der Waals surface area (Å²) in [5.74, 6) is 0.169. The van der Waals surface area contributed by atoms with E-state index in [1.54, 1.807) is 0 Å². The Morgan fingerprint density at radius 3 is 3.07 bits per heavy atom. The summed E-state index contributed by atoms with van der Waals surface area (Å²) in [6, 6.07) is 0.538. The molecular weight excluding hydrogens is 198 g/mol. The SMILES string of the molecule is CSC1CNCC1N1CCNC(=O)C1. The predicted molar refractivity (Wildman–Crippen MR) is 58.5 cm³/mol. The number of hydrogen-bond acceptors (Lipinski definition) is 4. The van der Waals surface area contributed by atoms with Crippen LogP contribution in [0.25, 0.3) is 0 Å². The van der Waals surface area contributed by atoms with Crippen LogP contribution < -0.4 is 10.6 Å². The van der Waals surface area contributed by atoms with E-state index in [0.717, 1.165) is 26.2 Å². The van der Waals surface area contributed by atoms with Crippen molar-refractivity contribution < 1.29 is 4.79 Å². The highest BCUT2D eigenvalue weighted by Gasteiger charge is 2.33. The van der Waals surface area contributed by atoms with Crippen LogP contribution in [0.15, 0.2) is 0 Å². The van der Waals surface area contributed by atoms with E-state index in [4.69, 9.17) is 0 Å². The van der Waals surface area contributed by atoms with Gasteiger partial charge in [-0.3, -0.25) is 9.69 Å². The van der Waals surface area contributed by atoms with Crippen molar-refractivity contribution in [1.82, 2.24) is 15.5 Å². The molecule has 0 bridgehead atoms. The lowest BCUT2D eigenvalue weighted by Crippen LogP contribution is -2.54. The Labute approximate surface area is 88.8 Å². The van der Waals surface area contributed by atoms with Crippen molar-refractivity contribution in [1.29, 1.82) is 0 Å². The van der Waals surface area contributed by atoms with Crippen LogP contribution in [0.2, 0.25) is 0 Å². The summed E-state index contributed by atoms with van der Waals surface area (Å²) in [6.07, 6.45) is 2.15. The lowest BCUT2D eigenvalue weighted by Gasteiger charge is -2.34. The van der Waals surface area contributed by atoms with Gasteiger partial charge in [-0.05, 0) is 6.26 Å². The average Bonchev–Trinajstić information content (AvgIpc) is 2.65. The summed E-state index contributed by atoms with van der Waals surface area (Å²) in [4.78, 5) is 13.6. The van der Waals surface area contributed by atoms with Gasteiger partial charge < -0.3 is 10.6 Å². The molecule has 2 aliphatic rings. The molecular formula is C9H17N3OS. The summed E-state index contributed by atoms with van der Waals surface area (Å²) >= 11 is 1.90. The quantitative estimate of drug-likeness (QED) is 0.628. The molecule has 2 saturated heterocycles. The summed E-state index contributed by atoms with van der Waals surface area (Å²) in [6.45, 7) is 4.47. The van der Waals surface area contributed by atoms with Gasteiger partial charge in [0.05, 0.1) is 6.54 Å². The molecule has 2 heterocycles. The molecule has 2 N–H and O–H groups in total. The van der Waals surface area contributed by atoms with Crippen LogP contribution >= 0.6 is 11.8 Å². The standard InChI is InChI=1S/C9H17N3OS/c1-14-8-5-10-4-7(8)12-3-2-11-9(13)6-12/h7-8,10H,2-6H2,1H3,(H,11,13). The van der Waals surface area contributed by atoms with Gasteiger partial charge in [-0.2, -0.15) is 11.8 Å². The van der Waals surface area contributed by atoms with Crippen molar-refractivity contribution in [3.63, 3.8) is 0 Å². The Kier molecular flexibility index (Phi) is 3.30. The third kappa shape index (κ3) is 2.04. The number of carbonyl (C=O) groups is 1. The number of nitrogens with zero attached hydrogens (tertiary/aromatic N) is 1. The second-order valence-corrected chi connectivity index (χ2v) is 4.90. The van der Waals surface area contributed by atoms with E-state index in [1.165, 1.54) is 0 Å². The van der Waals surface area contributed by atoms with Crippen molar-refractivity contribution in [2.75, 3.05) is 39.0 Å². The number of hydrogen-bond donors (Lipinski definition) is 2. The van der Waals surface area contributed by atoms with Crippen LogP contribution in [-0.2, 0) is 4.79 Å². The van der Waals surface area contributed by atoms with E-state index in [0.29, 0.717) is 17.8 Å². The first-order chi connectivity index (χ1) is 6.81. The highest BCUT2D eigenvalue weighted by atomic mass is 32.2. The fourth-order valence-electron chi connectivity index (χ4n) is 2.19. The fourth-order valence-corrected chi connectivity index (χ4v) is 3.05. The Morgan fingerprint density at radius 2 is 2.36 bits per heavy atom. The molecule has 4 nitrogen and oxygen atoms in total. The normalized spacial score (nSPS) is 34.5. The number of piperazine rings is 1. The Balaban J connectivity index is 1.95. The molecule has 2 atom stereocenters. The molecule has 1 amide bonds. The molecule has 2 rings (SSSR count). The van der Waals surface area contributed by atoms with E-state index in [2.05, 4.69) is 21.8 Å². The zero-order chi connectivity index (χ0) is 9.97. The molecule has 2 aliphatic heterocycles. The van der Waals surface area contributed by atoms with Crippen LogP contribution in [0.4, 0.5) is 0 Å². The Morgan fingerprint density at radius 1 is 1.50 bits per heavy atom. The van der Waals surface area contributed by atoms with Crippen LogP contribution in [0, 0.1) is 0 Å². The lowest BCUT2D eigenvalue weighted by molar-refractivity contribution is -0.124. The minimum atomic E-state index is 0.169. The third-order valence-corrected chi connectivity index (χ3v) is 4.05. The molecule has 2 fully saturated rings. The minimum Gasteiger partial charge on any atom is -0.354 e. The maximum atomic E-state index is 11.2. The first kappa shape index (κ1) is 10.3. The zero-order valence-electron chi connectivity index (χ0n) is 8.45. The van der Waals surface area contributed by atoms with Gasteiger partial charge in [0.1, 0.15) is 0 Å². The first-order valence-corrected chi connectivity index (χ1v) is 6.34. The van der Waals surface area contributed by atoms with Gasteiger partial charge in [0, 0.05) is 37.5 Å². The highest BCUT2D eigenvalue weighted by Crippen LogP contribution is 2.20.